The molecule has 4 heteroatoms. The third kappa shape index (κ3) is 4.58. The van der Waals surface area contributed by atoms with Crippen LogP contribution in [0.5, 0.6) is 0 Å². The fourth-order valence-electron chi connectivity index (χ4n) is 3.71. The molecule has 2 aliphatic rings. The lowest BCUT2D eigenvalue weighted by molar-refractivity contribution is -0.126. The maximum absolute atomic E-state index is 12.2. The molecular weight excluding hydrogens is 300 g/mol. The fraction of sp³-hybridized carbons (Fsp3) is 0.650. The second-order valence-corrected chi connectivity index (χ2v) is 7.37. The van der Waals surface area contributed by atoms with Gasteiger partial charge in [-0.25, -0.2) is 0 Å². The number of morpholine rings is 1. The molecule has 0 bridgehead atoms. The molecule has 1 aliphatic heterocycles. The summed E-state index contributed by atoms with van der Waals surface area (Å²) in [6, 6.07) is 7.17. The van der Waals surface area contributed by atoms with Crippen molar-refractivity contribution in [1.82, 2.24) is 10.2 Å². The molecule has 1 fully saturated rings. The maximum Gasteiger partial charge on any atom is 0.222 e. The predicted octanol–water partition coefficient (Wildman–Crippen LogP) is 2.68. The first-order chi connectivity index (χ1) is 11.6. The van der Waals surface area contributed by atoms with Gasteiger partial charge in [0, 0.05) is 25.7 Å². The van der Waals surface area contributed by atoms with Crippen LogP contribution in [0.15, 0.2) is 18.2 Å². The van der Waals surface area contributed by atoms with E-state index in [4.69, 9.17) is 4.74 Å². The molecular formula is C20H30N2O2. The van der Waals surface area contributed by atoms with Crippen molar-refractivity contribution in [3.05, 3.63) is 34.9 Å². The molecule has 1 N–H and O–H groups in total. The average Bonchev–Trinajstić information content (AvgIpc) is 2.60. The normalized spacial score (nSPS) is 21.5. The third-order valence-corrected chi connectivity index (χ3v) is 5.22. The number of fused-ring (bicyclic) bond motifs is 1. The van der Waals surface area contributed by atoms with Crippen molar-refractivity contribution < 1.29 is 9.53 Å². The molecule has 0 radical (unpaired) electrons. The molecule has 1 unspecified atom stereocenters. The van der Waals surface area contributed by atoms with E-state index in [0.717, 1.165) is 19.7 Å². The zero-order chi connectivity index (χ0) is 16.9. The van der Waals surface area contributed by atoms with Gasteiger partial charge in [0.2, 0.25) is 5.91 Å². The van der Waals surface area contributed by atoms with Gasteiger partial charge in [-0.15, -0.1) is 0 Å². The first kappa shape index (κ1) is 17.4. The molecule has 0 spiro atoms. The highest BCUT2D eigenvalue weighted by atomic mass is 16.5. The van der Waals surface area contributed by atoms with Gasteiger partial charge in [-0.1, -0.05) is 18.2 Å². The van der Waals surface area contributed by atoms with Gasteiger partial charge in [0.1, 0.15) is 0 Å². The Bertz CT molecular complexity index is 571. The smallest absolute Gasteiger partial charge is 0.222 e. The van der Waals surface area contributed by atoms with Gasteiger partial charge in [0.15, 0.2) is 0 Å². The predicted molar refractivity (Wildman–Crippen MR) is 96.0 cm³/mol. The SMILES string of the molecule is CC(C)N1CCOC(CC(=O)NCc2ccc3c(c2)CCCC3)C1. The highest BCUT2D eigenvalue weighted by Gasteiger charge is 2.24. The highest BCUT2D eigenvalue weighted by Crippen LogP contribution is 2.22. The number of carbonyl (C=O) groups is 1. The number of nitrogens with one attached hydrogen (secondary N) is 1. The van der Waals surface area contributed by atoms with E-state index >= 15 is 0 Å². The third-order valence-electron chi connectivity index (χ3n) is 5.22. The summed E-state index contributed by atoms with van der Waals surface area (Å²) in [6.07, 6.45) is 5.44. The minimum Gasteiger partial charge on any atom is -0.375 e. The lowest BCUT2D eigenvalue weighted by Crippen LogP contribution is -2.47. The zero-order valence-electron chi connectivity index (χ0n) is 15.0. The lowest BCUT2D eigenvalue weighted by atomic mass is 9.90. The molecule has 0 saturated carbocycles. The minimum absolute atomic E-state index is 0.0182. The van der Waals surface area contributed by atoms with Crippen LogP contribution in [0.25, 0.3) is 0 Å². The number of hydrogen-bond donors (Lipinski definition) is 1. The molecule has 4 nitrogen and oxygen atoms in total. The second-order valence-electron chi connectivity index (χ2n) is 7.37. The number of ether oxygens (including phenoxy) is 1. The van der Waals surface area contributed by atoms with Crippen LogP contribution in [0.1, 0.15) is 49.8 Å². The van der Waals surface area contributed by atoms with Gasteiger partial charge in [0.05, 0.1) is 19.1 Å². The van der Waals surface area contributed by atoms with E-state index in [9.17, 15) is 4.79 Å². The summed E-state index contributed by atoms with van der Waals surface area (Å²) in [5.41, 5.74) is 4.16. The van der Waals surface area contributed by atoms with Crippen molar-refractivity contribution in [1.29, 1.82) is 0 Å². The van der Waals surface area contributed by atoms with E-state index in [-0.39, 0.29) is 12.0 Å². The molecule has 1 aromatic carbocycles. The van der Waals surface area contributed by atoms with Gasteiger partial charge >= 0.3 is 0 Å². The van der Waals surface area contributed by atoms with Gasteiger partial charge in [-0.05, 0) is 56.2 Å². The molecule has 1 saturated heterocycles. The summed E-state index contributed by atoms with van der Waals surface area (Å²) in [7, 11) is 0. The van der Waals surface area contributed by atoms with Gasteiger partial charge in [-0.3, -0.25) is 9.69 Å². The molecule has 132 valence electrons. The molecule has 1 amide bonds. The molecule has 1 heterocycles. The van der Waals surface area contributed by atoms with Gasteiger partial charge in [0.25, 0.3) is 0 Å². The van der Waals surface area contributed by atoms with Crippen LogP contribution in [0, 0.1) is 0 Å². The highest BCUT2D eigenvalue weighted by molar-refractivity contribution is 5.76. The number of benzene rings is 1. The first-order valence-electron chi connectivity index (χ1n) is 9.35. The van der Waals surface area contributed by atoms with Crippen LogP contribution in [0.3, 0.4) is 0 Å². The van der Waals surface area contributed by atoms with Crippen molar-refractivity contribution >= 4 is 5.91 Å². The lowest BCUT2D eigenvalue weighted by Gasteiger charge is -2.35. The van der Waals surface area contributed by atoms with Crippen LogP contribution >= 0.6 is 0 Å². The topological polar surface area (TPSA) is 41.6 Å². The summed E-state index contributed by atoms with van der Waals surface area (Å²) in [5, 5.41) is 3.06. The van der Waals surface area contributed by atoms with Crippen LogP contribution in [0.4, 0.5) is 0 Å². The number of rotatable bonds is 5. The fourth-order valence-corrected chi connectivity index (χ4v) is 3.71. The Balaban J connectivity index is 1.47. The van der Waals surface area contributed by atoms with Crippen LogP contribution in [0.2, 0.25) is 0 Å². The largest absolute Gasteiger partial charge is 0.375 e. The Labute approximate surface area is 145 Å². The molecule has 1 aromatic rings. The molecule has 24 heavy (non-hydrogen) atoms. The van der Waals surface area contributed by atoms with Crippen LogP contribution < -0.4 is 5.32 Å². The Hall–Kier alpha value is -1.39. The van der Waals surface area contributed by atoms with Crippen LogP contribution in [-0.2, 0) is 28.9 Å². The Morgan fingerprint density at radius 2 is 2.08 bits per heavy atom. The van der Waals surface area contributed by atoms with E-state index in [1.54, 1.807) is 0 Å². The molecule has 1 aliphatic carbocycles. The summed E-state index contributed by atoms with van der Waals surface area (Å²) >= 11 is 0. The molecule has 1 atom stereocenters. The van der Waals surface area contributed by atoms with E-state index in [1.807, 2.05) is 0 Å². The second kappa shape index (κ2) is 8.13. The first-order valence-corrected chi connectivity index (χ1v) is 9.35. The van der Waals surface area contributed by atoms with Crippen molar-refractivity contribution in [2.45, 2.75) is 64.6 Å². The Kier molecular flexibility index (Phi) is 5.90. The Morgan fingerprint density at radius 3 is 2.88 bits per heavy atom. The number of hydrogen-bond acceptors (Lipinski definition) is 3. The number of nitrogens with zero attached hydrogens (tertiary/aromatic N) is 1. The average molecular weight is 330 g/mol. The van der Waals surface area contributed by atoms with E-state index in [2.05, 4.69) is 42.3 Å². The molecule has 0 aromatic heterocycles. The number of carbonyl (C=O) groups excluding carboxylic acids is 1. The van der Waals surface area contributed by atoms with Crippen molar-refractivity contribution in [3.8, 4) is 0 Å². The number of amides is 1. The molecule has 3 rings (SSSR count). The summed E-state index contributed by atoms with van der Waals surface area (Å²) in [6.45, 7) is 7.54. The maximum atomic E-state index is 12.2. The van der Waals surface area contributed by atoms with Crippen LogP contribution in [-0.4, -0.2) is 42.6 Å². The monoisotopic (exact) mass is 330 g/mol. The quantitative estimate of drug-likeness (QED) is 0.902. The zero-order valence-corrected chi connectivity index (χ0v) is 15.0. The Morgan fingerprint density at radius 1 is 1.29 bits per heavy atom. The van der Waals surface area contributed by atoms with E-state index < -0.39 is 0 Å². The van der Waals surface area contributed by atoms with Gasteiger partial charge in [-0.2, -0.15) is 0 Å². The van der Waals surface area contributed by atoms with Crippen molar-refractivity contribution in [3.63, 3.8) is 0 Å². The summed E-state index contributed by atoms with van der Waals surface area (Å²) in [5.74, 6) is 0.0864. The summed E-state index contributed by atoms with van der Waals surface area (Å²) in [4.78, 5) is 14.6. The van der Waals surface area contributed by atoms with Gasteiger partial charge < -0.3 is 10.1 Å². The van der Waals surface area contributed by atoms with E-state index in [1.165, 1.54) is 42.4 Å². The minimum atomic E-state index is 0.0182. The van der Waals surface area contributed by atoms with Crippen molar-refractivity contribution in [2.24, 2.45) is 0 Å². The summed E-state index contributed by atoms with van der Waals surface area (Å²) < 4.78 is 5.75. The number of aryl methyl sites for hydroxylation is 2. The van der Waals surface area contributed by atoms with E-state index in [0.29, 0.717) is 19.0 Å². The van der Waals surface area contributed by atoms with Crippen molar-refractivity contribution in [2.75, 3.05) is 19.7 Å². The standard InChI is InChI=1S/C20H30N2O2/c1-15(2)22-9-10-24-19(14-22)12-20(23)21-13-16-7-8-17-5-3-4-6-18(17)11-16/h7-8,11,15,19H,3-6,9-10,12-14H2,1-2H3,(H,21,23).